The first-order valence-electron chi connectivity index (χ1n) is 7.92. The predicted molar refractivity (Wildman–Crippen MR) is 80.5 cm³/mol. The average Bonchev–Trinajstić information content (AvgIpc) is 2.86. The van der Waals surface area contributed by atoms with Crippen molar-refractivity contribution >= 4 is 0 Å². The number of nitrogens with two attached hydrogens (primary N) is 1. The maximum atomic E-state index is 6.55. The molecule has 1 aliphatic carbocycles. The highest BCUT2D eigenvalue weighted by Gasteiger charge is 2.41. The van der Waals surface area contributed by atoms with E-state index in [2.05, 4.69) is 24.9 Å². The van der Waals surface area contributed by atoms with Crippen molar-refractivity contribution in [2.45, 2.75) is 64.0 Å². The SMILES string of the molecule is Cc1cnc(C(N)C2CCOC3(CCCC3)C2)c(C)c1. The summed E-state index contributed by atoms with van der Waals surface area (Å²) in [7, 11) is 0. The molecule has 2 N–H and O–H groups in total. The second kappa shape index (κ2) is 5.45. The molecule has 2 fully saturated rings. The summed E-state index contributed by atoms with van der Waals surface area (Å²) in [4.78, 5) is 4.60. The molecule has 0 radical (unpaired) electrons. The Morgan fingerprint density at radius 3 is 2.80 bits per heavy atom. The van der Waals surface area contributed by atoms with E-state index < -0.39 is 0 Å². The van der Waals surface area contributed by atoms with Crippen LogP contribution >= 0.6 is 0 Å². The lowest BCUT2D eigenvalue weighted by Crippen LogP contribution is -2.41. The summed E-state index contributed by atoms with van der Waals surface area (Å²) < 4.78 is 6.12. The quantitative estimate of drug-likeness (QED) is 0.898. The fourth-order valence-corrected chi connectivity index (χ4v) is 4.04. The van der Waals surface area contributed by atoms with Crippen molar-refractivity contribution in [2.75, 3.05) is 6.61 Å². The molecule has 1 aromatic rings. The molecule has 1 aliphatic heterocycles. The van der Waals surface area contributed by atoms with Crippen LogP contribution in [0.1, 0.15) is 61.4 Å². The number of nitrogens with zero attached hydrogens (tertiary/aromatic N) is 1. The van der Waals surface area contributed by atoms with E-state index in [1.165, 1.54) is 36.8 Å². The van der Waals surface area contributed by atoms with Gasteiger partial charge in [-0.3, -0.25) is 4.98 Å². The summed E-state index contributed by atoms with van der Waals surface area (Å²) in [5.74, 6) is 0.510. The van der Waals surface area contributed by atoms with Crippen LogP contribution in [-0.4, -0.2) is 17.2 Å². The summed E-state index contributed by atoms with van der Waals surface area (Å²) in [6, 6.07) is 2.24. The average molecular weight is 274 g/mol. The molecule has 3 nitrogen and oxygen atoms in total. The maximum Gasteiger partial charge on any atom is 0.0686 e. The molecule has 0 aromatic carbocycles. The molecule has 3 rings (SSSR count). The van der Waals surface area contributed by atoms with Gasteiger partial charge in [0.25, 0.3) is 0 Å². The van der Waals surface area contributed by atoms with Crippen molar-refractivity contribution in [1.29, 1.82) is 0 Å². The molecular weight excluding hydrogens is 248 g/mol. The Morgan fingerprint density at radius 1 is 1.35 bits per heavy atom. The third-order valence-corrected chi connectivity index (χ3v) is 5.12. The largest absolute Gasteiger partial charge is 0.375 e. The first-order valence-corrected chi connectivity index (χ1v) is 7.92. The van der Waals surface area contributed by atoms with Crippen molar-refractivity contribution in [3.8, 4) is 0 Å². The summed E-state index contributed by atoms with van der Waals surface area (Å²) >= 11 is 0. The first-order chi connectivity index (χ1) is 9.60. The van der Waals surface area contributed by atoms with E-state index in [4.69, 9.17) is 10.5 Å². The molecule has 1 saturated heterocycles. The second-order valence-corrected chi connectivity index (χ2v) is 6.73. The number of rotatable bonds is 2. The molecule has 2 heterocycles. The molecule has 0 bridgehead atoms. The second-order valence-electron chi connectivity index (χ2n) is 6.73. The van der Waals surface area contributed by atoms with E-state index in [9.17, 15) is 0 Å². The van der Waals surface area contributed by atoms with Crippen molar-refractivity contribution in [2.24, 2.45) is 11.7 Å². The maximum absolute atomic E-state index is 6.55. The third kappa shape index (κ3) is 2.61. The van der Waals surface area contributed by atoms with Crippen LogP contribution < -0.4 is 5.73 Å². The van der Waals surface area contributed by atoms with Crippen LogP contribution in [0.15, 0.2) is 12.3 Å². The van der Waals surface area contributed by atoms with Crippen molar-refractivity contribution in [3.05, 3.63) is 29.1 Å². The van der Waals surface area contributed by atoms with Gasteiger partial charge in [0.05, 0.1) is 17.3 Å². The van der Waals surface area contributed by atoms with Gasteiger partial charge >= 0.3 is 0 Å². The van der Waals surface area contributed by atoms with Gasteiger partial charge in [0.15, 0.2) is 0 Å². The number of ether oxygens (including phenoxy) is 1. The van der Waals surface area contributed by atoms with Crippen LogP contribution in [0.5, 0.6) is 0 Å². The molecule has 3 heteroatoms. The minimum Gasteiger partial charge on any atom is -0.375 e. The normalized spacial score (nSPS) is 26.9. The zero-order valence-corrected chi connectivity index (χ0v) is 12.7. The minimum atomic E-state index is 0.0528. The van der Waals surface area contributed by atoms with Crippen molar-refractivity contribution < 1.29 is 4.74 Å². The molecule has 1 spiro atoms. The highest BCUT2D eigenvalue weighted by atomic mass is 16.5. The Kier molecular flexibility index (Phi) is 3.83. The predicted octanol–water partition coefficient (Wildman–Crippen LogP) is 3.44. The summed E-state index contributed by atoms with van der Waals surface area (Å²) in [5.41, 5.74) is 10.2. The van der Waals surface area contributed by atoms with Crippen LogP contribution in [0.4, 0.5) is 0 Å². The Bertz CT molecular complexity index is 480. The fraction of sp³-hybridized carbons (Fsp3) is 0.706. The molecule has 0 amide bonds. The highest BCUT2D eigenvalue weighted by molar-refractivity contribution is 5.26. The summed E-state index contributed by atoms with van der Waals surface area (Å²) in [6.07, 6.45) is 9.18. The lowest BCUT2D eigenvalue weighted by molar-refractivity contribution is -0.0965. The fourth-order valence-electron chi connectivity index (χ4n) is 4.04. The van der Waals surface area contributed by atoms with Gasteiger partial charge in [0, 0.05) is 12.8 Å². The molecule has 110 valence electrons. The highest BCUT2D eigenvalue weighted by Crippen LogP contribution is 2.44. The van der Waals surface area contributed by atoms with E-state index in [-0.39, 0.29) is 11.6 Å². The Morgan fingerprint density at radius 2 is 2.10 bits per heavy atom. The number of pyridine rings is 1. The smallest absolute Gasteiger partial charge is 0.0686 e. The van der Waals surface area contributed by atoms with Crippen molar-refractivity contribution in [1.82, 2.24) is 4.98 Å². The van der Waals surface area contributed by atoms with Crippen LogP contribution in [0.2, 0.25) is 0 Å². The molecule has 20 heavy (non-hydrogen) atoms. The first kappa shape index (κ1) is 14.0. The van der Waals surface area contributed by atoms with E-state index in [0.29, 0.717) is 5.92 Å². The van der Waals surface area contributed by atoms with Gasteiger partial charge in [-0.05, 0) is 56.6 Å². The molecule has 2 aliphatic rings. The van der Waals surface area contributed by atoms with Gasteiger partial charge in [-0.25, -0.2) is 0 Å². The Labute approximate surface area is 121 Å². The number of aryl methyl sites for hydroxylation is 2. The van der Waals surface area contributed by atoms with Gasteiger partial charge in [0.2, 0.25) is 0 Å². The van der Waals surface area contributed by atoms with Crippen LogP contribution in [0.3, 0.4) is 0 Å². The van der Waals surface area contributed by atoms with E-state index >= 15 is 0 Å². The molecule has 2 atom stereocenters. The number of hydrogen-bond acceptors (Lipinski definition) is 3. The monoisotopic (exact) mass is 274 g/mol. The molecular formula is C17H26N2O. The van der Waals surface area contributed by atoms with Gasteiger partial charge < -0.3 is 10.5 Å². The Balaban J connectivity index is 1.77. The van der Waals surface area contributed by atoms with Gasteiger partial charge in [-0.15, -0.1) is 0 Å². The van der Waals surface area contributed by atoms with Gasteiger partial charge in [0.1, 0.15) is 0 Å². The standard InChI is InChI=1S/C17H26N2O/c1-12-9-13(2)16(19-11-12)15(18)14-5-8-20-17(10-14)6-3-4-7-17/h9,11,14-15H,3-8,10,18H2,1-2H3. The van der Waals surface area contributed by atoms with Crippen LogP contribution in [0.25, 0.3) is 0 Å². The van der Waals surface area contributed by atoms with Crippen molar-refractivity contribution in [3.63, 3.8) is 0 Å². The van der Waals surface area contributed by atoms with E-state index in [0.717, 1.165) is 25.1 Å². The zero-order valence-electron chi connectivity index (χ0n) is 12.7. The van der Waals surface area contributed by atoms with Gasteiger partial charge in [-0.2, -0.15) is 0 Å². The summed E-state index contributed by atoms with van der Waals surface area (Å²) in [5, 5.41) is 0. The van der Waals surface area contributed by atoms with E-state index in [1.807, 2.05) is 6.20 Å². The number of hydrogen-bond donors (Lipinski definition) is 1. The molecule has 2 unspecified atom stereocenters. The third-order valence-electron chi connectivity index (χ3n) is 5.12. The van der Waals surface area contributed by atoms with Gasteiger partial charge in [-0.1, -0.05) is 18.9 Å². The van der Waals surface area contributed by atoms with Crippen LogP contribution in [0, 0.1) is 19.8 Å². The van der Waals surface area contributed by atoms with Crippen LogP contribution in [-0.2, 0) is 4.74 Å². The molecule has 1 aromatic heterocycles. The Hall–Kier alpha value is -0.930. The minimum absolute atomic E-state index is 0.0528. The molecule has 1 saturated carbocycles. The topological polar surface area (TPSA) is 48.1 Å². The lowest BCUT2D eigenvalue weighted by atomic mass is 9.79. The lowest BCUT2D eigenvalue weighted by Gasteiger charge is -2.40. The van der Waals surface area contributed by atoms with E-state index in [1.54, 1.807) is 0 Å². The zero-order chi connectivity index (χ0) is 14.2. The summed E-state index contributed by atoms with van der Waals surface area (Å²) in [6.45, 7) is 5.07. The number of aromatic nitrogens is 1.